The first-order chi connectivity index (χ1) is 18.7. The number of ether oxygens (including phenoxy) is 1. The van der Waals surface area contributed by atoms with E-state index in [1.165, 1.54) is 11.1 Å². The summed E-state index contributed by atoms with van der Waals surface area (Å²) in [5, 5.41) is 10.1. The molecule has 5 rings (SSSR count). The van der Waals surface area contributed by atoms with Crippen molar-refractivity contribution in [3.05, 3.63) is 126 Å². The Hall–Kier alpha value is -4.03. The van der Waals surface area contributed by atoms with Crippen LogP contribution in [0.3, 0.4) is 0 Å². The lowest BCUT2D eigenvalue weighted by molar-refractivity contribution is 0.306. The van der Waals surface area contributed by atoms with Crippen LogP contribution >= 0.6 is 11.8 Å². The largest absolute Gasteiger partial charge is 0.489 e. The van der Waals surface area contributed by atoms with E-state index in [9.17, 15) is 0 Å². The van der Waals surface area contributed by atoms with Gasteiger partial charge in [-0.2, -0.15) is 0 Å². The second-order valence-corrected chi connectivity index (χ2v) is 10.3. The van der Waals surface area contributed by atoms with Crippen LogP contribution in [0.1, 0.15) is 16.7 Å². The highest BCUT2D eigenvalue weighted by atomic mass is 32.2. The molecule has 1 aromatic heterocycles. The van der Waals surface area contributed by atoms with Gasteiger partial charge in [0, 0.05) is 37.6 Å². The third-order valence-electron chi connectivity index (χ3n) is 6.37. The molecule has 38 heavy (non-hydrogen) atoms. The molecule has 0 aliphatic heterocycles. The lowest BCUT2D eigenvalue weighted by Gasteiger charge is -2.14. The van der Waals surface area contributed by atoms with E-state index in [1.54, 1.807) is 11.8 Å². The molecule has 0 amide bonds. The maximum absolute atomic E-state index is 5.94. The van der Waals surface area contributed by atoms with E-state index in [0.717, 1.165) is 52.3 Å². The highest BCUT2D eigenvalue weighted by Crippen LogP contribution is 2.28. The Morgan fingerprint density at radius 2 is 1.37 bits per heavy atom. The van der Waals surface area contributed by atoms with Gasteiger partial charge in [-0.3, -0.25) is 0 Å². The van der Waals surface area contributed by atoms with E-state index in [2.05, 4.69) is 98.5 Å². The van der Waals surface area contributed by atoms with Gasteiger partial charge in [0.25, 0.3) is 0 Å². The number of thioether (sulfide) groups is 1. The summed E-state index contributed by atoms with van der Waals surface area (Å²) >= 11 is 1.72. The summed E-state index contributed by atoms with van der Waals surface area (Å²) in [6, 6.07) is 37.6. The van der Waals surface area contributed by atoms with Crippen LogP contribution in [0.25, 0.3) is 11.4 Å². The molecule has 4 aromatic carbocycles. The second kappa shape index (κ2) is 12.5. The molecular formula is C32H32N4OS. The van der Waals surface area contributed by atoms with Crippen molar-refractivity contribution < 1.29 is 4.74 Å². The van der Waals surface area contributed by atoms with Crippen LogP contribution in [0.4, 0.5) is 5.69 Å². The van der Waals surface area contributed by atoms with Gasteiger partial charge in [-0.05, 0) is 59.5 Å². The monoisotopic (exact) mass is 520 g/mol. The van der Waals surface area contributed by atoms with Crippen molar-refractivity contribution in [1.29, 1.82) is 0 Å². The molecule has 0 aliphatic carbocycles. The lowest BCUT2D eigenvalue weighted by Crippen LogP contribution is -2.08. The first-order valence-electron chi connectivity index (χ1n) is 12.8. The Labute approximate surface area is 229 Å². The number of aryl methyl sites for hydroxylation is 1. The lowest BCUT2D eigenvalue weighted by atomic mass is 10.1. The zero-order valence-electron chi connectivity index (χ0n) is 21.8. The number of hydrogen-bond acceptors (Lipinski definition) is 5. The van der Waals surface area contributed by atoms with Crippen molar-refractivity contribution in [3.8, 4) is 17.1 Å². The average molecular weight is 521 g/mol. The number of aromatic nitrogens is 3. The zero-order valence-corrected chi connectivity index (χ0v) is 22.6. The molecule has 192 valence electrons. The molecule has 0 unspecified atom stereocenters. The molecule has 0 N–H and O–H groups in total. The third-order valence-corrected chi connectivity index (χ3v) is 7.40. The molecule has 0 bridgehead atoms. The SMILES string of the molecule is CN(C)c1ccc(-c2nnc(SCc3ccc(OCc4ccccc4)cc3)n2CCc2ccccc2)cc1. The maximum Gasteiger partial charge on any atom is 0.191 e. The van der Waals surface area contributed by atoms with Crippen LogP contribution in [-0.4, -0.2) is 28.9 Å². The number of hydrogen-bond donors (Lipinski definition) is 0. The molecule has 5 nitrogen and oxygen atoms in total. The van der Waals surface area contributed by atoms with E-state index in [-0.39, 0.29) is 0 Å². The fourth-order valence-corrected chi connectivity index (χ4v) is 5.10. The molecule has 0 saturated carbocycles. The van der Waals surface area contributed by atoms with Gasteiger partial charge in [-0.15, -0.1) is 10.2 Å². The quantitative estimate of drug-likeness (QED) is 0.173. The molecule has 0 radical (unpaired) electrons. The Morgan fingerprint density at radius 3 is 2.03 bits per heavy atom. The zero-order chi connectivity index (χ0) is 26.2. The molecule has 1 heterocycles. The van der Waals surface area contributed by atoms with Crippen LogP contribution in [0.2, 0.25) is 0 Å². The van der Waals surface area contributed by atoms with E-state index < -0.39 is 0 Å². The van der Waals surface area contributed by atoms with Gasteiger partial charge < -0.3 is 14.2 Å². The highest BCUT2D eigenvalue weighted by molar-refractivity contribution is 7.98. The minimum Gasteiger partial charge on any atom is -0.489 e. The van der Waals surface area contributed by atoms with Gasteiger partial charge >= 0.3 is 0 Å². The van der Waals surface area contributed by atoms with Crippen molar-refractivity contribution in [2.75, 3.05) is 19.0 Å². The number of nitrogens with zero attached hydrogens (tertiary/aromatic N) is 4. The molecule has 6 heteroatoms. The van der Waals surface area contributed by atoms with Crippen molar-refractivity contribution >= 4 is 17.4 Å². The normalized spacial score (nSPS) is 10.9. The minimum absolute atomic E-state index is 0.567. The van der Waals surface area contributed by atoms with Crippen LogP contribution in [-0.2, 0) is 25.3 Å². The predicted molar refractivity (Wildman–Crippen MR) is 157 cm³/mol. The van der Waals surface area contributed by atoms with Crippen LogP contribution in [0.5, 0.6) is 5.75 Å². The van der Waals surface area contributed by atoms with Crippen LogP contribution in [0, 0.1) is 0 Å². The van der Waals surface area contributed by atoms with Gasteiger partial charge in [-0.1, -0.05) is 84.6 Å². The highest BCUT2D eigenvalue weighted by Gasteiger charge is 2.15. The Balaban J connectivity index is 1.29. The van der Waals surface area contributed by atoms with Gasteiger partial charge in [-0.25, -0.2) is 0 Å². The fraction of sp³-hybridized carbons (Fsp3) is 0.188. The predicted octanol–water partition coefficient (Wildman–Crippen LogP) is 7.13. The molecule has 0 fully saturated rings. The summed E-state index contributed by atoms with van der Waals surface area (Å²) < 4.78 is 8.19. The van der Waals surface area contributed by atoms with E-state index in [4.69, 9.17) is 4.74 Å². The van der Waals surface area contributed by atoms with Gasteiger partial charge in [0.05, 0.1) is 0 Å². The number of benzene rings is 4. The Morgan fingerprint density at radius 1 is 0.711 bits per heavy atom. The third kappa shape index (κ3) is 6.64. The summed E-state index contributed by atoms with van der Waals surface area (Å²) in [7, 11) is 4.10. The van der Waals surface area contributed by atoms with Gasteiger partial charge in [0.1, 0.15) is 12.4 Å². The van der Waals surface area contributed by atoms with Crippen molar-refractivity contribution in [2.24, 2.45) is 0 Å². The number of rotatable bonds is 11. The summed E-state index contributed by atoms with van der Waals surface area (Å²) in [6.07, 6.45) is 0.919. The Kier molecular flexibility index (Phi) is 8.41. The summed E-state index contributed by atoms with van der Waals surface area (Å²) in [6.45, 7) is 1.38. The molecule has 0 saturated heterocycles. The van der Waals surface area contributed by atoms with Crippen LogP contribution in [0.15, 0.2) is 114 Å². The van der Waals surface area contributed by atoms with Crippen molar-refractivity contribution in [3.63, 3.8) is 0 Å². The Bertz CT molecular complexity index is 1420. The van der Waals surface area contributed by atoms with E-state index >= 15 is 0 Å². The second-order valence-electron chi connectivity index (χ2n) is 9.34. The minimum atomic E-state index is 0.567. The molecule has 0 aliphatic rings. The summed E-state index contributed by atoms with van der Waals surface area (Å²) in [4.78, 5) is 2.10. The fourth-order valence-electron chi connectivity index (χ4n) is 4.18. The standard InChI is InChI=1S/C32H32N4OS/c1-35(2)29-17-15-28(16-18-29)31-33-34-32(36(31)22-21-25-9-5-3-6-10-25)38-24-27-13-19-30(20-14-27)37-23-26-11-7-4-8-12-26/h3-20H,21-24H2,1-2H3. The first kappa shape index (κ1) is 25.6. The van der Waals surface area contributed by atoms with Crippen molar-refractivity contribution in [1.82, 2.24) is 14.8 Å². The molecule has 5 aromatic rings. The van der Waals surface area contributed by atoms with Gasteiger partial charge in [0.15, 0.2) is 11.0 Å². The summed E-state index contributed by atoms with van der Waals surface area (Å²) in [5.41, 5.74) is 5.92. The molecule has 0 atom stereocenters. The van der Waals surface area contributed by atoms with Crippen molar-refractivity contribution in [2.45, 2.75) is 30.5 Å². The summed E-state index contributed by atoms with van der Waals surface area (Å²) in [5.74, 6) is 2.58. The smallest absolute Gasteiger partial charge is 0.191 e. The molecule has 0 spiro atoms. The maximum atomic E-state index is 5.94. The average Bonchev–Trinajstić information content (AvgIpc) is 3.38. The van der Waals surface area contributed by atoms with E-state index in [0.29, 0.717) is 6.61 Å². The van der Waals surface area contributed by atoms with E-state index in [1.807, 2.05) is 44.4 Å². The van der Waals surface area contributed by atoms with Gasteiger partial charge in [0.2, 0.25) is 0 Å². The first-order valence-corrected chi connectivity index (χ1v) is 13.8. The topological polar surface area (TPSA) is 43.2 Å². The molecular weight excluding hydrogens is 488 g/mol. The van der Waals surface area contributed by atoms with Crippen LogP contribution < -0.4 is 9.64 Å². The number of anilines is 1.